The molecule has 0 spiro atoms. The fourth-order valence-corrected chi connectivity index (χ4v) is 2.78. The average Bonchev–Trinajstić information content (AvgIpc) is 3.23. The van der Waals surface area contributed by atoms with Gasteiger partial charge in [-0.25, -0.2) is 4.79 Å². The third-order valence-electron chi connectivity index (χ3n) is 4.09. The SMILES string of the molecule is Cc1nnc(CN2C(=O)N[C@](C)(c3ccc4c(c3)OCO4)C2=O)o1. The molecular formula is C15H14N4O5. The topological polar surface area (TPSA) is 107 Å². The molecule has 1 saturated heterocycles. The van der Waals surface area contributed by atoms with Crippen molar-refractivity contribution in [3.63, 3.8) is 0 Å². The van der Waals surface area contributed by atoms with Crippen LogP contribution in [0.2, 0.25) is 0 Å². The van der Waals surface area contributed by atoms with Gasteiger partial charge in [0.1, 0.15) is 12.1 Å². The van der Waals surface area contributed by atoms with Gasteiger partial charge in [0.25, 0.3) is 5.91 Å². The lowest BCUT2D eigenvalue weighted by Crippen LogP contribution is -2.40. The second-order valence-electron chi connectivity index (χ2n) is 5.73. The van der Waals surface area contributed by atoms with Crippen LogP contribution in [0.4, 0.5) is 4.79 Å². The van der Waals surface area contributed by atoms with E-state index >= 15 is 0 Å². The second kappa shape index (κ2) is 4.95. The van der Waals surface area contributed by atoms with Crippen LogP contribution in [-0.4, -0.2) is 33.8 Å². The first kappa shape index (κ1) is 14.5. The molecule has 1 fully saturated rings. The number of hydrogen-bond acceptors (Lipinski definition) is 7. The summed E-state index contributed by atoms with van der Waals surface area (Å²) in [4.78, 5) is 26.2. The molecule has 124 valence electrons. The molecule has 24 heavy (non-hydrogen) atoms. The predicted molar refractivity (Wildman–Crippen MR) is 78.0 cm³/mol. The van der Waals surface area contributed by atoms with Crippen molar-refractivity contribution in [3.05, 3.63) is 35.5 Å². The highest BCUT2D eigenvalue weighted by Crippen LogP contribution is 2.38. The van der Waals surface area contributed by atoms with Crippen LogP contribution in [-0.2, 0) is 16.9 Å². The number of amides is 3. The van der Waals surface area contributed by atoms with Crippen LogP contribution in [0.15, 0.2) is 22.6 Å². The Hall–Kier alpha value is -3.10. The molecule has 1 aromatic heterocycles. The number of fused-ring (bicyclic) bond motifs is 1. The molecule has 4 rings (SSSR count). The number of nitrogens with zero attached hydrogens (tertiary/aromatic N) is 3. The van der Waals surface area contributed by atoms with Crippen molar-refractivity contribution in [1.29, 1.82) is 0 Å². The van der Waals surface area contributed by atoms with Crippen molar-refractivity contribution in [2.45, 2.75) is 25.9 Å². The fraction of sp³-hybridized carbons (Fsp3) is 0.333. The molecule has 2 aliphatic rings. The standard InChI is InChI=1S/C15H14N4O5/c1-8-17-18-12(24-8)6-19-13(20)15(2,16-14(19)21)9-3-4-10-11(5-9)23-7-22-10/h3-5H,6-7H2,1-2H3,(H,16,21)/t15-/m1/s1. The van der Waals surface area contributed by atoms with Crippen LogP contribution in [0.3, 0.4) is 0 Å². The van der Waals surface area contributed by atoms with Gasteiger partial charge in [-0.2, -0.15) is 0 Å². The second-order valence-corrected chi connectivity index (χ2v) is 5.73. The zero-order valence-electron chi connectivity index (χ0n) is 13.0. The van der Waals surface area contributed by atoms with Crippen molar-refractivity contribution in [2.75, 3.05) is 6.79 Å². The summed E-state index contributed by atoms with van der Waals surface area (Å²) in [7, 11) is 0. The van der Waals surface area contributed by atoms with Gasteiger partial charge in [0, 0.05) is 6.92 Å². The van der Waals surface area contributed by atoms with Crippen molar-refractivity contribution < 1.29 is 23.5 Å². The highest BCUT2D eigenvalue weighted by atomic mass is 16.7. The van der Waals surface area contributed by atoms with Crippen molar-refractivity contribution in [3.8, 4) is 11.5 Å². The maximum atomic E-state index is 12.8. The Kier molecular flexibility index (Phi) is 2.99. The average molecular weight is 330 g/mol. The number of hydrogen-bond donors (Lipinski definition) is 1. The van der Waals surface area contributed by atoms with Gasteiger partial charge in [0.05, 0.1) is 0 Å². The van der Waals surface area contributed by atoms with Crippen LogP contribution in [0.25, 0.3) is 0 Å². The number of benzene rings is 1. The van der Waals surface area contributed by atoms with E-state index in [0.29, 0.717) is 23.0 Å². The molecule has 0 unspecified atom stereocenters. The molecule has 9 nitrogen and oxygen atoms in total. The summed E-state index contributed by atoms with van der Waals surface area (Å²) >= 11 is 0. The van der Waals surface area contributed by atoms with E-state index in [9.17, 15) is 9.59 Å². The Morgan fingerprint density at radius 3 is 2.79 bits per heavy atom. The van der Waals surface area contributed by atoms with Crippen LogP contribution < -0.4 is 14.8 Å². The number of aromatic nitrogens is 2. The van der Waals surface area contributed by atoms with Crippen LogP contribution in [0.1, 0.15) is 24.3 Å². The van der Waals surface area contributed by atoms with E-state index in [0.717, 1.165) is 4.90 Å². The lowest BCUT2D eigenvalue weighted by molar-refractivity contribution is -0.131. The summed E-state index contributed by atoms with van der Waals surface area (Å²) in [6.45, 7) is 3.34. The Bertz CT molecular complexity index is 848. The quantitative estimate of drug-likeness (QED) is 0.839. The fourth-order valence-electron chi connectivity index (χ4n) is 2.78. The molecule has 1 aromatic carbocycles. The number of nitrogens with one attached hydrogen (secondary N) is 1. The van der Waals surface area contributed by atoms with Gasteiger partial charge in [0.15, 0.2) is 11.5 Å². The van der Waals surface area contributed by atoms with Crippen molar-refractivity contribution >= 4 is 11.9 Å². The number of ether oxygens (including phenoxy) is 2. The van der Waals surface area contributed by atoms with Gasteiger partial charge in [0.2, 0.25) is 18.6 Å². The van der Waals surface area contributed by atoms with E-state index in [2.05, 4.69) is 15.5 Å². The van der Waals surface area contributed by atoms with E-state index in [4.69, 9.17) is 13.9 Å². The predicted octanol–water partition coefficient (Wildman–Crippen LogP) is 1.07. The summed E-state index contributed by atoms with van der Waals surface area (Å²) in [6.07, 6.45) is 0. The molecule has 0 aliphatic carbocycles. The van der Waals surface area contributed by atoms with Crippen LogP contribution >= 0.6 is 0 Å². The number of carbonyl (C=O) groups excluding carboxylic acids is 2. The molecule has 2 aliphatic heterocycles. The zero-order chi connectivity index (χ0) is 16.9. The molecule has 3 heterocycles. The maximum Gasteiger partial charge on any atom is 0.325 e. The van der Waals surface area contributed by atoms with E-state index in [1.54, 1.807) is 32.0 Å². The highest BCUT2D eigenvalue weighted by molar-refractivity contribution is 6.07. The van der Waals surface area contributed by atoms with Gasteiger partial charge in [-0.3, -0.25) is 9.69 Å². The van der Waals surface area contributed by atoms with Gasteiger partial charge in [-0.15, -0.1) is 10.2 Å². The minimum Gasteiger partial charge on any atom is -0.454 e. The van der Waals surface area contributed by atoms with Crippen molar-refractivity contribution in [1.82, 2.24) is 20.4 Å². The summed E-state index contributed by atoms with van der Waals surface area (Å²) < 4.78 is 15.8. The minimum absolute atomic E-state index is 0.0777. The maximum absolute atomic E-state index is 12.8. The molecule has 1 atom stereocenters. The van der Waals surface area contributed by atoms with Gasteiger partial charge >= 0.3 is 6.03 Å². The Balaban J connectivity index is 1.64. The Labute approximate surface area is 136 Å². The summed E-state index contributed by atoms with van der Waals surface area (Å²) in [6, 6.07) is 4.62. The zero-order valence-corrected chi connectivity index (χ0v) is 13.0. The molecule has 0 saturated carbocycles. The molecular weight excluding hydrogens is 316 g/mol. The lowest BCUT2D eigenvalue weighted by Gasteiger charge is -2.22. The van der Waals surface area contributed by atoms with Crippen molar-refractivity contribution in [2.24, 2.45) is 0 Å². The number of imide groups is 1. The smallest absolute Gasteiger partial charge is 0.325 e. The van der Waals surface area contributed by atoms with E-state index in [-0.39, 0.29) is 19.2 Å². The lowest BCUT2D eigenvalue weighted by atomic mass is 9.91. The largest absolute Gasteiger partial charge is 0.454 e. The minimum atomic E-state index is -1.20. The number of carbonyl (C=O) groups is 2. The molecule has 0 bridgehead atoms. The van der Waals surface area contributed by atoms with Gasteiger partial charge < -0.3 is 19.2 Å². The summed E-state index contributed by atoms with van der Waals surface area (Å²) in [5, 5.41) is 10.2. The first-order valence-corrected chi connectivity index (χ1v) is 7.30. The first-order valence-electron chi connectivity index (χ1n) is 7.30. The summed E-state index contributed by atoms with van der Waals surface area (Å²) in [5.74, 6) is 1.32. The molecule has 2 aromatic rings. The Morgan fingerprint density at radius 2 is 2.04 bits per heavy atom. The monoisotopic (exact) mass is 330 g/mol. The first-order chi connectivity index (χ1) is 11.5. The number of rotatable bonds is 3. The molecule has 9 heteroatoms. The molecule has 0 radical (unpaired) electrons. The summed E-state index contributed by atoms with van der Waals surface area (Å²) in [5.41, 5.74) is -0.595. The Morgan fingerprint density at radius 1 is 1.25 bits per heavy atom. The molecule has 3 amide bonds. The van der Waals surface area contributed by atoms with E-state index in [1.807, 2.05) is 0 Å². The van der Waals surface area contributed by atoms with Gasteiger partial charge in [-0.1, -0.05) is 6.07 Å². The van der Waals surface area contributed by atoms with Gasteiger partial charge in [-0.05, 0) is 24.6 Å². The normalized spacial score (nSPS) is 22.2. The van der Waals surface area contributed by atoms with E-state index < -0.39 is 17.5 Å². The van der Waals surface area contributed by atoms with Crippen LogP contribution in [0, 0.1) is 6.92 Å². The van der Waals surface area contributed by atoms with Crippen LogP contribution in [0.5, 0.6) is 11.5 Å². The molecule has 1 N–H and O–H groups in total. The highest BCUT2D eigenvalue weighted by Gasteiger charge is 2.49. The van der Waals surface area contributed by atoms with E-state index in [1.165, 1.54) is 0 Å². The number of urea groups is 1. The third kappa shape index (κ3) is 2.08. The number of aryl methyl sites for hydroxylation is 1. The third-order valence-corrected chi connectivity index (χ3v) is 4.09.